The molecule has 1 heterocycles. The van der Waals surface area contributed by atoms with E-state index in [0.29, 0.717) is 0 Å². The van der Waals surface area contributed by atoms with Crippen molar-refractivity contribution in [2.24, 2.45) is 0 Å². The highest BCUT2D eigenvalue weighted by Crippen LogP contribution is 2.18. The number of hydrogen-bond donors (Lipinski definition) is 3. The van der Waals surface area contributed by atoms with Crippen LogP contribution in [0.4, 0.5) is 0 Å². The lowest BCUT2D eigenvalue weighted by Gasteiger charge is -2.08. The number of aryl methyl sites for hydroxylation is 2. The van der Waals surface area contributed by atoms with Crippen molar-refractivity contribution in [2.75, 3.05) is 6.54 Å². The van der Waals surface area contributed by atoms with Crippen LogP contribution in [0.2, 0.25) is 0 Å². The fourth-order valence-corrected chi connectivity index (χ4v) is 2.57. The molecular weight excluding hydrogens is 252 g/mol. The molecule has 0 radical (unpaired) electrons. The molecule has 0 amide bonds. The first-order valence-electron chi connectivity index (χ1n) is 4.59. The summed E-state index contributed by atoms with van der Waals surface area (Å²) in [7, 11) is -3.94. The molecule has 17 heavy (non-hydrogen) atoms. The Bertz CT molecular complexity index is 501. The van der Waals surface area contributed by atoms with Crippen molar-refractivity contribution in [1.82, 2.24) is 9.88 Å². The normalized spacial score (nSPS) is 13.6. The zero-order valence-electron chi connectivity index (χ0n) is 9.17. The third-order valence-corrected chi connectivity index (χ3v) is 3.66. The molecule has 1 atom stereocenters. The lowest BCUT2D eigenvalue weighted by atomic mass is 10.4. The molecule has 9 heteroatoms. The first-order valence-corrected chi connectivity index (χ1v) is 6.07. The van der Waals surface area contributed by atoms with E-state index in [9.17, 15) is 13.2 Å². The Morgan fingerprint density at radius 2 is 2.12 bits per heavy atom. The standard InChI is InChI=1S/C8H12N2O6S/c1-4-7(5(2)16-10-4)17(14,15)9-3-6(11)8(12)13/h6,9,11H,3H2,1-2H3,(H,12,13)/t6-/m0/s1. The first-order chi connectivity index (χ1) is 7.75. The Hall–Kier alpha value is -1.45. The third kappa shape index (κ3) is 3.02. The van der Waals surface area contributed by atoms with E-state index in [1.807, 2.05) is 4.72 Å². The zero-order chi connectivity index (χ0) is 13.2. The molecule has 1 rings (SSSR count). The van der Waals surface area contributed by atoms with Gasteiger partial charge in [0.2, 0.25) is 10.0 Å². The summed E-state index contributed by atoms with van der Waals surface area (Å²) in [6.07, 6.45) is -1.80. The van der Waals surface area contributed by atoms with E-state index >= 15 is 0 Å². The molecular formula is C8H12N2O6S. The summed E-state index contributed by atoms with van der Waals surface area (Å²) in [5.41, 5.74) is 0.166. The fraction of sp³-hybridized carbons (Fsp3) is 0.500. The topological polar surface area (TPSA) is 130 Å². The molecule has 3 N–H and O–H groups in total. The largest absolute Gasteiger partial charge is 0.479 e. The lowest BCUT2D eigenvalue weighted by Crippen LogP contribution is -2.36. The Labute approximate surface area is 97.3 Å². The van der Waals surface area contributed by atoms with Crippen LogP contribution in [0.5, 0.6) is 0 Å². The number of nitrogens with zero attached hydrogens (tertiary/aromatic N) is 1. The molecule has 0 saturated carbocycles. The number of aliphatic hydroxyl groups is 1. The van der Waals surface area contributed by atoms with Gasteiger partial charge in [0.05, 0.1) is 0 Å². The molecule has 0 bridgehead atoms. The number of aromatic nitrogens is 1. The maximum absolute atomic E-state index is 11.7. The number of carbonyl (C=O) groups is 1. The van der Waals surface area contributed by atoms with E-state index in [1.54, 1.807) is 0 Å². The van der Waals surface area contributed by atoms with Gasteiger partial charge in [-0.3, -0.25) is 0 Å². The number of sulfonamides is 1. The SMILES string of the molecule is Cc1noc(C)c1S(=O)(=O)NC[C@H](O)C(=O)O. The molecule has 96 valence electrons. The van der Waals surface area contributed by atoms with Crippen molar-refractivity contribution in [2.45, 2.75) is 24.8 Å². The van der Waals surface area contributed by atoms with E-state index in [0.717, 1.165) is 0 Å². The van der Waals surface area contributed by atoms with Crippen LogP contribution in [-0.4, -0.2) is 42.4 Å². The van der Waals surface area contributed by atoms with Crippen LogP contribution < -0.4 is 4.72 Å². The monoisotopic (exact) mass is 264 g/mol. The number of carboxylic acid groups (broad SMARTS) is 1. The highest BCUT2D eigenvalue weighted by molar-refractivity contribution is 7.89. The van der Waals surface area contributed by atoms with Gasteiger partial charge in [0, 0.05) is 6.54 Å². The third-order valence-electron chi connectivity index (χ3n) is 1.99. The van der Waals surface area contributed by atoms with Gasteiger partial charge in [0.1, 0.15) is 10.6 Å². The molecule has 0 aromatic carbocycles. The molecule has 0 aliphatic heterocycles. The molecule has 0 aliphatic rings. The second-order valence-corrected chi connectivity index (χ2v) is 5.06. The van der Waals surface area contributed by atoms with Crippen molar-refractivity contribution in [3.8, 4) is 0 Å². The smallest absolute Gasteiger partial charge is 0.333 e. The number of hydrogen-bond acceptors (Lipinski definition) is 6. The quantitative estimate of drug-likeness (QED) is 0.622. The van der Waals surface area contributed by atoms with Gasteiger partial charge in [-0.05, 0) is 13.8 Å². The Morgan fingerprint density at radius 3 is 2.53 bits per heavy atom. The zero-order valence-corrected chi connectivity index (χ0v) is 9.98. The van der Waals surface area contributed by atoms with E-state index in [2.05, 4.69) is 9.68 Å². The average Bonchev–Trinajstić information content (AvgIpc) is 2.55. The van der Waals surface area contributed by atoms with Gasteiger partial charge in [-0.2, -0.15) is 0 Å². The Balaban J connectivity index is 2.87. The van der Waals surface area contributed by atoms with Crippen molar-refractivity contribution < 1.29 is 27.9 Å². The highest BCUT2D eigenvalue weighted by atomic mass is 32.2. The summed E-state index contributed by atoms with van der Waals surface area (Å²) in [5, 5.41) is 20.8. The van der Waals surface area contributed by atoms with Crippen LogP contribution in [0.3, 0.4) is 0 Å². The van der Waals surface area contributed by atoms with Gasteiger partial charge in [-0.1, -0.05) is 5.16 Å². The van der Waals surface area contributed by atoms with Crippen LogP contribution in [0.15, 0.2) is 9.42 Å². The van der Waals surface area contributed by atoms with Crippen molar-refractivity contribution in [3.05, 3.63) is 11.5 Å². The van der Waals surface area contributed by atoms with Gasteiger partial charge in [0.25, 0.3) is 0 Å². The van der Waals surface area contributed by atoms with Crippen molar-refractivity contribution in [3.63, 3.8) is 0 Å². The second-order valence-electron chi connectivity index (χ2n) is 3.36. The summed E-state index contributed by atoms with van der Waals surface area (Å²) in [5.74, 6) is -1.41. The molecule has 0 saturated heterocycles. The molecule has 0 aliphatic carbocycles. The van der Waals surface area contributed by atoms with Crippen molar-refractivity contribution >= 4 is 16.0 Å². The van der Waals surface area contributed by atoms with Crippen LogP contribution >= 0.6 is 0 Å². The van der Waals surface area contributed by atoms with Crippen LogP contribution in [0.25, 0.3) is 0 Å². The molecule has 8 nitrogen and oxygen atoms in total. The summed E-state index contributed by atoms with van der Waals surface area (Å²) < 4.78 is 30.1. The number of carboxylic acids is 1. The van der Waals surface area contributed by atoms with Gasteiger partial charge in [0.15, 0.2) is 11.9 Å². The van der Waals surface area contributed by atoms with E-state index < -0.39 is 28.6 Å². The van der Waals surface area contributed by atoms with E-state index in [1.165, 1.54) is 13.8 Å². The predicted molar refractivity (Wildman–Crippen MR) is 54.8 cm³/mol. The number of aliphatic carboxylic acids is 1. The van der Waals surface area contributed by atoms with Gasteiger partial charge < -0.3 is 14.7 Å². The number of nitrogens with one attached hydrogen (secondary N) is 1. The van der Waals surface area contributed by atoms with E-state index in [-0.39, 0.29) is 16.3 Å². The van der Waals surface area contributed by atoms with Crippen LogP contribution in [0.1, 0.15) is 11.5 Å². The fourth-order valence-electron chi connectivity index (χ4n) is 1.21. The number of aliphatic hydroxyl groups excluding tert-OH is 1. The van der Waals surface area contributed by atoms with Gasteiger partial charge in [-0.15, -0.1) is 0 Å². The molecule has 1 aromatic heterocycles. The highest BCUT2D eigenvalue weighted by Gasteiger charge is 2.25. The van der Waals surface area contributed by atoms with Crippen LogP contribution in [-0.2, 0) is 14.8 Å². The minimum Gasteiger partial charge on any atom is -0.479 e. The molecule has 0 fully saturated rings. The maximum Gasteiger partial charge on any atom is 0.333 e. The van der Waals surface area contributed by atoms with Gasteiger partial charge >= 0.3 is 5.97 Å². The second kappa shape index (κ2) is 4.82. The molecule has 0 unspecified atom stereocenters. The minimum atomic E-state index is -3.94. The Morgan fingerprint density at radius 1 is 1.53 bits per heavy atom. The van der Waals surface area contributed by atoms with Crippen LogP contribution in [0, 0.1) is 13.8 Å². The van der Waals surface area contributed by atoms with Gasteiger partial charge in [-0.25, -0.2) is 17.9 Å². The molecule has 0 spiro atoms. The summed E-state index contributed by atoms with van der Waals surface area (Å²) in [4.78, 5) is 10.2. The lowest BCUT2D eigenvalue weighted by molar-refractivity contribution is -0.146. The number of rotatable bonds is 5. The predicted octanol–water partition coefficient (Wildman–Crippen LogP) is -0.985. The molecule has 1 aromatic rings. The summed E-state index contributed by atoms with van der Waals surface area (Å²) in [6, 6.07) is 0. The maximum atomic E-state index is 11.7. The first kappa shape index (κ1) is 13.6. The summed E-state index contributed by atoms with van der Waals surface area (Å²) in [6.45, 7) is 2.24. The Kier molecular flexibility index (Phi) is 3.86. The van der Waals surface area contributed by atoms with E-state index in [4.69, 9.17) is 10.2 Å². The minimum absolute atomic E-state index is 0.0971. The summed E-state index contributed by atoms with van der Waals surface area (Å²) >= 11 is 0. The average molecular weight is 264 g/mol. The van der Waals surface area contributed by atoms with Crippen molar-refractivity contribution in [1.29, 1.82) is 0 Å².